The lowest BCUT2D eigenvalue weighted by Gasteiger charge is -2.32. The van der Waals surface area contributed by atoms with Gasteiger partial charge in [-0.15, -0.1) is 10.2 Å². The number of aromatic nitrogens is 3. The highest BCUT2D eigenvalue weighted by molar-refractivity contribution is 6.30. The minimum atomic E-state index is -0.250. The fourth-order valence-electron chi connectivity index (χ4n) is 2.89. The molecular weight excluding hydrogens is 328 g/mol. The van der Waals surface area contributed by atoms with Crippen molar-refractivity contribution in [3.63, 3.8) is 0 Å². The fourth-order valence-corrected chi connectivity index (χ4v) is 3.05. The lowest BCUT2D eigenvalue weighted by Crippen LogP contribution is -2.39. The second-order valence-electron chi connectivity index (χ2n) is 5.92. The average Bonchev–Trinajstić information content (AvgIpc) is 2.54. The third kappa shape index (κ3) is 2.64. The molecule has 1 fully saturated rings. The molecule has 24 heavy (non-hydrogen) atoms. The van der Waals surface area contributed by atoms with Crippen LogP contribution in [-0.2, 0) is 0 Å². The minimum Gasteiger partial charge on any atom is -0.507 e. The number of aliphatic hydroxyl groups is 1. The average molecular weight is 343 g/mol. The number of benzene rings is 1. The molecule has 0 aliphatic heterocycles. The number of pyridine rings is 1. The van der Waals surface area contributed by atoms with Gasteiger partial charge >= 0.3 is 0 Å². The van der Waals surface area contributed by atoms with Crippen molar-refractivity contribution in [1.29, 1.82) is 0 Å². The third-order valence-corrected chi connectivity index (χ3v) is 4.44. The molecule has 0 bridgehead atoms. The van der Waals surface area contributed by atoms with E-state index >= 15 is 0 Å². The molecule has 122 valence electrons. The smallest absolute Gasteiger partial charge is 0.175 e. The van der Waals surface area contributed by atoms with E-state index in [1.807, 2.05) is 12.1 Å². The number of halogens is 1. The first kappa shape index (κ1) is 15.1. The summed E-state index contributed by atoms with van der Waals surface area (Å²) >= 11 is 5.90. The minimum absolute atomic E-state index is 0.0461. The monoisotopic (exact) mass is 342 g/mol. The van der Waals surface area contributed by atoms with Gasteiger partial charge in [-0.1, -0.05) is 11.6 Å². The van der Waals surface area contributed by atoms with E-state index in [1.54, 1.807) is 18.3 Å². The van der Waals surface area contributed by atoms with Crippen molar-refractivity contribution in [2.45, 2.75) is 25.0 Å². The molecule has 3 N–H and O–H groups in total. The number of hydrogen-bond acceptors (Lipinski definition) is 6. The van der Waals surface area contributed by atoms with Crippen molar-refractivity contribution >= 4 is 28.3 Å². The fraction of sp³-hybridized carbons (Fsp3) is 0.235. The molecule has 0 spiro atoms. The van der Waals surface area contributed by atoms with Crippen LogP contribution in [-0.4, -0.2) is 37.5 Å². The van der Waals surface area contributed by atoms with E-state index in [1.165, 1.54) is 6.07 Å². The van der Waals surface area contributed by atoms with Crippen LogP contribution in [0.3, 0.4) is 0 Å². The lowest BCUT2D eigenvalue weighted by atomic mass is 9.89. The van der Waals surface area contributed by atoms with Crippen LogP contribution in [0, 0.1) is 0 Å². The Bertz CT molecular complexity index is 912. The maximum absolute atomic E-state index is 10.2. The first-order valence-electron chi connectivity index (χ1n) is 7.66. The quantitative estimate of drug-likeness (QED) is 0.677. The number of nitrogens with one attached hydrogen (secondary N) is 1. The van der Waals surface area contributed by atoms with Gasteiger partial charge in [0.2, 0.25) is 0 Å². The Morgan fingerprint density at radius 3 is 2.75 bits per heavy atom. The molecule has 2 heterocycles. The van der Waals surface area contributed by atoms with Crippen LogP contribution in [0.4, 0.5) is 5.82 Å². The summed E-state index contributed by atoms with van der Waals surface area (Å²) in [6, 6.07) is 8.77. The Morgan fingerprint density at radius 1 is 1.17 bits per heavy atom. The van der Waals surface area contributed by atoms with Crippen molar-refractivity contribution in [3.05, 3.63) is 41.6 Å². The molecule has 0 atom stereocenters. The molecule has 6 nitrogen and oxygen atoms in total. The van der Waals surface area contributed by atoms with Crippen LogP contribution in [0.1, 0.15) is 12.8 Å². The summed E-state index contributed by atoms with van der Waals surface area (Å²) in [6.07, 6.45) is 2.82. The van der Waals surface area contributed by atoms with Crippen molar-refractivity contribution in [3.8, 4) is 17.0 Å². The summed E-state index contributed by atoms with van der Waals surface area (Å²) in [4.78, 5) is 4.41. The molecule has 7 heteroatoms. The molecule has 0 saturated heterocycles. The van der Waals surface area contributed by atoms with Crippen molar-refractivity contribution in [1.82, 2.24) is 15.2 Å². The zero-order valence-corrected chi connectivity index (χ0v) is 13.4. The number of anilines is 1. The van der Waals surface area contributed by atoms with E-state index in [0.717, 1.165) is 5.39 Å². The third-order valence-electron chi connectivity index (χ3n) is 4.21. The molecule has 1 aliphatic carbocycles. The predicted octanol–water partition coefficient (Wildman–Crippen LogP) is 2.99. The van der Waals surface area contributed by atoms with Gasteiger partial charge in [0.1, 0.15) is 17.0 Å². The van der Waals surface area contributed by atoms with Crippen molar-refractivity contribution < 1.29 is 10.2 Å². The van der Waals surface area contributed by atoms with Crippen LogP contribution < -0.4 is 5.32 Å². The molecule has 1 aliphatic rings. The Morgan fingerprint density at radius 2 is 2.00 bits per heavy atom. The molecule has 0 radical (unpaired) electrons. The highest BCUT2D eigenvalue weighted by Gasteiger charge is 2.28. The zero-order valence-electron chi connectivity index (χ0n) is 12.6. The van der Waals surface area contributed by atoms with Gasteiger partial charge in [0.05, 0.1) is 6.10 Å². The number of hydrogen-bond donors (Lipinski definition) is 3. The first-order valence-corrected chi connectivity index (χ1v) is 8.04. The SMILES string of the molecule is Oc1cc(Cl)ccc1-c1nnc(NC2CC(O)C2)c2ncccc12. The number of fused-ring (bicyclic) bond motifs is 1. The van der Waals surface area contributed by atoms with E-state index in [9.17, 15) is 10.2 Å². The van der Waals surface area contributed by atoms with E-state index in [-0.39, 0.29) is 17.9 Å². The second-order valence-corrected chi connectivity index (χ2v) is 6.36. The van der Waals surface area contributed by atoms with Gasteiger partial charge in [0, 0.05) is 28.2 Å². The van der Waals surface area contributed by atoms with Gasteiger partial charge in [-0.05, 0) is 43.2 Å². The summed E-state index contributed by atoms with van der Waals surface area (Å²) in [5.41, 5.74) is 1.78. The van der Waals surface area contributed by atoms with Crippen LogP contribution in [0.5, 0.6) is 5.75 Å². The second kappa shape index (κ2) is 5.89. The van der Waals surface area contributed by atoms with E-state index in [0.29, 0.717) is 40.5 Å². The van der Waals surface area contributed by atoms with Crippen LogP contribution in [0.25, 0.3) is 22.2 Å². The van der Waals surface area contributed by atoms with Crippen molar-refractivity contribution in [2.24, 2.45) is 0 Å². The molecule has 1 saturated carbocycles. The number of aromatic hydroxyl groups is 1. The van der Waals surface area contributed by atoms with Gasteiger partial charge in [-0.3, -0.25) is 4.98 Å². The van der Waals surface area contributed by atoms with Gasteiger partial charge in [0.25, 0.3) is 0 Å². The van der Waals surface area contributed by atoms with Gasteiger partial charge in [-0.2, -0.15) is 0 Å². The number of nitrogens with zero attached hydrogens (tertiary/aromatic N) is 3. The molecular formula is C17H15ClN4O2. The molecule has 4 rings (SSSR count). The zero-order chi connectivity index (χ0) is 16.7. The number of phenolic OH excluding ortho intramolecular Hbond substituents is 1. The normalized spacial score (nSPS) is 19.9. The summed E-state index contributed by atoms with van der Waals surface area (Å²) in [7, 11) is 0. The topological polar surface area (TPSA) is 91.2 Å². The number of phenols is 1. The Kier molecular flexibility index (Phi) is 3.70. The van der Waals surface area contributed by atoms with E-state index in [4.69, 9.17) is 11.6 Å². The maximum atomic E-state index is 10.2. The summed E-state index contributed by atoms with van der Waals surface area (Å²) in [5, 5.41) is 32.6. The predicted molar refractivity (Wildman–Crippen MR) is 92.1 cm³/mol. The maximum Gasteiger partial charge on any atom is 0.175 e. The summed E-state index contributed by atoms with van der Waals surface area (Å²) in [5.74, 6) is 0.629. The first-order chi connectivity index (χ1) is 11.6. The van der Waals surface area contributed by atoms with Gasteiger partial charge in [0.15, 0.2) is 5.82 Å². The van der Waals surface area contributed by atoms with Gasteiger partial charge < -0.3 is 15.5 Å². The van der Waals surface area contributed by atoms with Gasteiger partial charge in [-0.25, -0.2) is 0 Å². The largest absolute Gasteiger partial charge is 0.507 e. The molecule has 0 amide bonds. The lowest BCUT2D eigenvalue weighted by molar-refractivity contribution is 0.0835. The summed E-state index contributed by atoms with van der Waals surface area (Å²) in [6.45, 7) is 0. The molecule has 2 aromatic heterocycles. The van der Waals surface area contributed by atoms with E-state index < -0.39 is 0 Å². The summed E-state index contributed by atoms with van der Waals surface area (Å²) < 4.78 is 0. The molecule has 1 aromatic carbocycles. The number of aliphatic hydroxyl groups excluding tert-OH is 1. The number of rotatable bonds is 3. The Hall–Kier alpha value is -2.44. The van der Waals surface area contributed by atoms with Crippen LogP contribution in [0.2, 0.25) is 5.02 Å². The standard InChI is InChI=1S/C17H15ClN4O2/c18-9-3-4-12(14(24)6-9)15-13-2-1-5-19-16(13)17(22-21-15)20-10-7-11(23)8-10/h1-6,10-11,23-24H,7-8H2,(H,20,22). The van der Waals surface area contributed by atoms with Crippen LogP contribution >= 0.6 is 11.6 Å². The Balaban J connectivity index is 1.80. The highest BCUT2D eigenvalue weighted by atomic mass is 35.5. The molecule has 3 aromatic rings. The molecule has 0 unspecified atom stereocenters. The Labute approximate surface area is 143 Å². The highest BCUT2D eigenvalue weighted by Crippen LogP contribution is 2.35. The van der Waals surface area contributed by atoms with Crippen molar-refractivity contribution in [2.75, 3.05) is 5.32 Å². The van der Waals surface area contributed by atoms with E-state index in [2.05, 4.69) is 20.5 Å². The van der Waals surface area contributed by atoms with Crippen LogP contribution in [0.15, 0.2) is 36.5 Å².